The fourth-order valence-electron chi connectivity index (χ4n) is 1.05. The van der Waals surface area contributed by atoms with Crippen LogP contribution in [0.4, 0.5) is 0 Å². The summed E-state index contributed by atoms with van der Waals surface area (Å²) < 4.78 is 0.984. The standard InChI is InChI=1S/C9H4BrCl2N3/c10-6-3-1-5(2-4-6)7-13-8(11)15-9(12)14-7/h1-4H. The van der Waals surface area contributed by atoms with Crippen LogP contribution >= 0.6 is 39.1 Å². The van der Waals surface area contributed by atoms with Gasteiger partial charge >= 0.3 is 0 Å². The van der Waals surface area contributed by atoms with E-state index in [9.17, 15) is 0 Å². The van der Waals surface area contributed by atoms with Gasteiger partial charge in [-0.1, -0.05) is 28.1 Å². The van der Waals surface area contributed by atoms with Crippen molar-refractivity contribution in [3.05, 3.63) is 39.3 Å². The molecule has 0 amide bonds. The van der Waals surface area contributed by atoms with Gasteiger partial charge in [-0.05, 0) is 35.3 Å². The van der Waals surface area contributed by atoms with E-state index < -0.39 is 0 Å². The zero-order chi connectivity index (χ0) is 10.8. The molecule has 0 saturated heterocycles. The number of rotatable bonds is 1. The average molecular weight is 305 g/mol. The molecule has 3 nitrogen and oxygen atoms in total. The Kier molecular flexibility index (Phi) is 3.19. The van der Waals surface area contributed by atoms with Gasteiger partial charge in [0, 0.05) is 10.0 Å². The van der Waals surface area contributed by atoms with Crippen molar-refractivity contribution in [2.24, 2.45) is 0 Å². The maximum absolute atomic E-state index is 5.68. The lowest BCUT2D eigenvalue weighted by Crippen LogP contribution is -1.93. The van der Waals surface area contributed by atoms with Crippen LogP contribution in [0, 0.1) is 0 Å². The van der Waals surface area contributed by atoms with Gasteiger partial charge in [0.1, 0.15) is 0 Å². The summed E-state index contributed by atoms with van der Waals surface area (Å²) >= 11 is 14.7. The fraction of sp³-hybridized carbons (Fsp3) is 0. The van der Waals surface area contributed by atoms with Crippen LogP contribution < -0.4 is 0 Å². The molecule has 0 unspecified atom stereocenters. The first-order valence-electron chi connectivity index (χ1n) is 3.98. The molecular formula is C9H4BrCl2N3. The van der Waals surface area contributed by atoms with Crippen molar-refractivity contribution in [3.8, 4) is 11.4 Å². The topological polar surface area (TPSA) is 38.7 Å². The van der Waals surface area contributed by atoms with Crippen LogP contribution in [0.15, 0.2) is 28.7 Å². The van der Waals surface area contributed by atoms with E-state index in [-0.39, 0.29) is 10.6 Å². The lowest BCUT2D eigenvalue weighted by molar-refractivity contribution is 1.06. The quantitative estimate of drug-likeness (QED) is 0.808. The molecule has 0 bridgehead atoms. The number of nitrogens with zero attached hydrogens (tertiary/aromatic N) is 3. The Hall–Kier alpha value is -0.710. The van der Waals surface area contributed by atoms with E-state index in [1.807, 2.05) is 24.3 Å². The predicted molar refractivity (Wildman–Crippen MR) is 63.0 cm³/mol. The lowest BCUT2D eigenvalue weighted by atomic mass is 10.2. The van der Waals surface area contributed by atoms with Gasteiger partial charge in [-0.2, -0.15) is 15.0 Å². The Bertz CT molecular complexity index is 467. The van der Waals surface area contributed by atoms with Crippen molar-refractivity contribution in [1.29, 1.82) is 0 Å². The molecule has 0 aliphatic heterocycles. The van der Waals surface area contributed by atoms with Crippen LogP contribution in [-0.2, 0) is 0 Å². The number of hydrogen-bond acceptors (Lipinski definition) is 3. The summed E-state index contributed by atoms with van der Waals surface area (Å²) in [5.41, 5.74) is 0.837. The maximum atomic E-state index is 5.68. The molecule has 0 fully saturated rings. The third kappa shape index (κ3) is 2.65. The zero-order valence-corrected chi connectivity index (χ0v) is 10.4. The van der Waals surface area contributed by atoms with Crippen molar-refractivity contribution in [1.82, 2.24) is 15.0 Å². The highest BCUT2D eigenvalue weighted by atomic mass is 79.9. The lowest BCUT2D eigenvalue weighted by Gasteiger charge is -2.00. The SMILES string of the molecule is Clc1nc(Cl)nc(-c2ccc(Br)cc2)n1. The van der Waals surface area contributed by atoms with Gasteiger partial charge in [0.2, 0.25) is 10.6 Å². The van der Waals surface area contributed by atoms with Crippen LogP contribution in [0.25, 0.3) is 11.4 Å². The van der Waals surface area contributed by atoms with Crippen molar-refractivity contribution in [2.75, 3.05) is 0 Å². The molecule has 1 aromatic carbocycles. The van der Waals surface area contributed by atoms with Crippen LogP contribution in [0.5, 0.6) is 0 Å². The molecular weight excluding hydrogens is 301 g/mol. The number of halogens is 3. The molecule has 0 radical (unpaired) electrons. The molecule has 0 spiro atoms. The highest BCUT2D eigenvalue weighted by molar-refractivity contribution is 9.10. The Morgan fingerprint density at radius 1 is 0.867 bits per heavy atom. The molecule has 0 saturated carbocycles. The molecule has 0 atom stereocenters. The molecule has 0 aliphatic carbocycles. The van der Waals surface area contributed by atoms with Crippen molar-refractivity contribution < 1.29 is 0 Å². The van der Waals surface area contributed by atoms with Gasteiger partial charge in [-0.15, -0.1) is 0 Å². The normalized spacial score (nSPS) is 10.3. The molecule has 15 heavy (non-hydrogen) atoms. The first-order valence-corrected chi connectivity index (χ1v) is 5.53. The Balaban J connectivity index is 2.49. The van der Waals surface area contributed by atoms with Gasteiger partial charge in [-0.25, -0.2) is 0 Å². The average Bonchev–Trinajstić information content (AvgIpc) is 2.17. The molecule has 1 aromatic heterocycles. The van der Waals surface area contributed by atoms with Crippen LogP contribution in [0.2, 0.25) is 10.6 Å². The minimum absolute atomic E-state index is 0.0907. The fourth-order valence-corrected chi connectivity index (χ4v) is 1.68. The Morgan fingerprint density at radius 3 is 1.93 bits per heavy atom. The van der Waals surface area contributed by atoms with Crippen LogP contribution in [0.1, 0.15) is 0 Å². The number of hydrogen-bond donors (Lipinski definition) is 0. The van der Waals surface area contributed by atoms with E-state index in [0.717, 1.165) is 10.0 Å². The van der Waals surface area contributed by atoms with Crippen LogP contribution in [-0.4, -0.2) is 15.0 Å². The largest absolute Gasteiger partial charge is 0.227 e. The molecule has 0 N–H and O–H groups in total. The first kappa shape index (κ1) is 10.8. The highest BCUT2D eigenvalue weighted by Gasteiger charge is 2.05. The van der Waals surface area contributed by atoms with E-state index in [0.29, 0.717) is 5.82 Å². The van der Waals surface area contributed by atoms with E-state index in [1.54, 1.807) is 0 Å². The van der Waals surface area contributed by atoms with Crippen molar-refractivity contribution in [3.63, 3.8) is 0 Å². The Labute approximate surface area is 105 Å². The molecule has 2 rings (SSSR count). The second kappa shape index (κ2) is 4.43. The first-order chi connectivity index (χ1) is 7.15. The van der Waals surface area contributed by atoms with Gasteiger partial charge in [0.25, 0.3) is 0 Å². The summed E-state index contributed by atoms with van der Waals surface area (Å²) in [7, 11) is 0. The second-order valence-corrected chi connectivity index (χ2v) is 4.30. The summed E-state index contributed by atoms with van der Waals surface area (Å²) in [6.07, 6.45) is 0. The summed E-state index contributed by atoms with van der Waals surface area (Å²) in [6, 6.07) is 7.51. The molecule has 1 heterocycles. The number of aromatic nitrogens is 3. The second-order valence-electron chi connectivity index (χ2n) is 2.70. The number of benzene rings is 1. The molecule has 0 aliphatic rings. The van der Waals surface area contributed by atoms with E-state index in [2.05, 4.69) is 30.9 Å². The minimum Gasteiger partial charge on any atom is -0.198 e. The van der Waals surface area contributed by atoms with Gasteiger partial charge in [0.05, 0.1) is 0 Å². The molecule has 76 valence electrons. The maximum Gasteiger partial charge on any atom is 0.227 e. The van der Waals surface area contributed by atoms with E-state index >= 15 is 0 Å². The zero-order valence-electron chi connectivity index (χ0n) is 7.28. The molecule has 2 aromatic rings. The highest BCUT2D eigenvalue weighted by Crippen LogP contribution is 2.20. The third-order valence-electron chi connectivity index (χ3n) is 1.68. The Morgan fingerprint density at radius 2 is 1.40 bits per heavy atom. The summed E-state index contributed by atoms with van der Waals surface area (Å²) in [6.45, 7) is 0. The monoisotopic (exact) mass is 303 g/mol. The third-order valence-corrected chi connectivity index (χ3v) is 2.55. The van der Waals surface area contributed by atoms with E-state index in [1.165, 1.54) is 0 Å². The summed E-state index contributed by atoms with van der Waals surface area (Å²) in [5, 5.41) is 0.181. The predicted octanol–water partition coefficient (Wildman–Crippen LogP) is 3.61. The summed E-state index contributed by atoms with van der Waals surface area (Å²) in [4.78, 5) is 11.6. The van der Waals surface area contributed by atoms with E-state index in [4.69, 9.17) is 23.2 Å². The van der Waals surface area contributed by atoms with Crippen LogP contribution in [0.3, 0.4) is 0 Å². The summed E-state index contributed by atoms with van der Waals surface area (Å²) in [5.74, 6) is 0.465. The van der Waals surface area contributed by atoms with Crippen molar-refractivity contribution >= 4 is 39.1 Å². The smallest absolute Gasteiger partial charge is 0.198 e. The van der Waals surface area contributed by atoms with Gasteiger partial charge < -0.3 is 0 Å². The molecule has 6 heteroatoms. The van der Waals surface area contributed by atoms with Gasteiger partial charge in [0.15, 0.2) is 5.82 Å². The van der Waals surface area contributed by atoms with Crippen molar-refractivity contribution in [2.45, 2.75) is 0 Å². The van der Waals surface area contributed by atoms with Gasteiger partial charge in [-0.3, -0.25) is 0 Å². The minimum atomic E-state index is 0.0907.